The van der Waals surface area contributed by atoms with Gasteiger partial charge < -0.3 is 10.6 Å². The summed E-state index contributed by atoms with van der Waals surface area (Å²) in [5, 5.41) is 6.46. The quantitative estimate of drug-likeness (QED) is 0.685. The van der Waals surface area contributed by atoms with Gasteiger partial charge in [-0.05, 0) is 32.5 Å². The molecule has 1 heterocycles. The Hall–Kier alpha value is -0.930. The first-order valence-electron chi connectivity index (χ1n) is 5.02. The number of hydrogen-bond acceptors (Lipinski definition) is 3. The largest absolute Gasteiger partial charge is 0.318 e. The predicted octanol–water partition coefficient (Wildman–Crippen LogP) is 1.01. The second-order valence-electron chi connectivity index (χ2n) is 3.48. The molecule has 0 aliphatic heterocycles. The smallest absolute Gasteiger partial charge is 0.0420 e. The molecule has 0 bridgehead atoms. The Morgan fingerprint density at radius 2 is 2.00 bits per heavy atom. The van der Waals surface area contributed by atoms with E-state index in [1.807, 2.05) is 14.0 Å². The van der Waals surface area contributed by atoms with Crippen LogP contribution in [0.15, 0.2) is 12.1 Å². The lowest BCUT2D eigenvalue weighted by molar-refractivity contribution is 0.647. The molecule has 0 saturated carbocycles. The summed E-state index contributed by atoms with van der Waals surface area (Å²) in [7, 11) is 1.96. The second-order valence-corrected chi connectivity index (χ2v) is 3.48. The molecular formula is C11H19N3. The molecule has 78 valence electrons. The minimum absolute atomic E-state index is 0.904. The molecule has 2 N–H and O–H groups in total. The number of pyridine rings is 1. The van der Waals surface area contributed by atoms with Crippen LogP contribution in [-0.2, 0) is 6.54 Å². The lowest BCUT2D eigenvalue weighted by Gasteiger charge is -2.07. The first-order chi connectivity index (χ1) is 6.74. The minimum Gasteiger partial charge on any atom is -0.318 e. The molecular weight excluding hydrogens is 174 g/mol. The van der Waals surface area contributed by atoms with E-state index in [0.29, 0.717) is 0 Å². The minimum atomic E-state index is 0.904. The van der Waals surface area contributed by atoms with Gasteiger partial charge in [0.05, 0.1) is 0 Å². The van der Waals surface area contributed by atoms with E-state index in [4.69, 9.17) is 0 Å². The molecule has 0 aliphatic rings. The van der Waals surface area contributed by atoms with Gasteiger partial charge in [-0.3, -0.25) is 4.98 Å². The van der Waals surface area contributed by atoms with Crippen LogP contribution < -0.4 is 10.6 Å². The van der Waals surface area contributed by atoms with Crippen molar-refractivity contribution >= 4 is 0 Å². The van der Waals surface area contributed by atoms with E-state index in [1.54, 1.807) is 0 Å². The zero-order valence-electron chi connectivity index (χ0n) is 9.22. The third kappa shape index (κ3) is 3.44. The van der Waals surface area contributed by atoms with Gasteiger partial charge >= 0.3 is 0 Å². The van der Waals surface area contributed by atoms with E-state index in [-0.39, 0.29) is 0 Å². The van der Waals surface area contributed by atoms with Gasteiger partial charge in [-0.25, -0.2) is 0 Å². The van der Waals surface area contributed by atoms with E-state index in [0.717, 1.165) is 31.0 Å². The number of nitrogens with one attached hydrogen (secondary N) is 2. The molecule has 3 nitrogen and oxygen atoms in total. The fraction of sp³-hybridized carbons (Fsp3) is 0.545. The Bertz CT molecular complexity index is 284. The first kappa shape index (κ1) is 11.1. The van der Waals surface area contributed by atoms with Gasteiger partial charge in [0, 0.05) is 31.0 Å². The van der Waals surface area contributed by atoms with Crippen molar-refractivity contribution in [2.45, 2.75) is 20.4 Å². The summed E-state index contributed by atoms with van der Waals surface area (Å²) < 4.78 is 0. The summed E-state index contributed by atoms with van der Waals surface area (Å²) in [6.07, 6.45) is 0. The Morgan fingerprint density at radius 1 is 1.21 bits per heavy atom. The van der Waals surface area contributed by atoms with Crippen LogP contribution in [-0.4, -0.2) is 25.1 Å². The maximum atomic E-state index is 4.42. The van der Waals surface area contributed by atoms with Gasteiger partial charge in [-0.2, -0.15) is 0 Å². The maximum absolute atomic E-state index is 4.42. The highest BCUT2D eigenvalue weighted by Gasteiger charge is 1.98. The molecule has 14 heavy (non-hydrogen) atoms. The highest BCUT2D eigenvalue weighted by Crippen LogP contribution is 2.05. The Kier molecular flexibility index (Phi) is 4.56. The van der Waals surface area contributed by atoms with Crippen molar-refractivity contribution < 1.29 is 0 Å². The van der Waals surface area contributed by atoms with Crippen molar-refractivity contribution in [2.75, 3.05) is 20.1 Å². The molecule has 1 rings (SSSR count). The Morgan fingerprint density at radius 3 is 2.64 bits per heavy atom. The summed E-state index contributed by atoms with van der Waals surface area (Å²) in [5.74, 6) is 0. The van der Waals surface area contributed by atoms with Gasteiger partial charge in [-0.1, -0.05) is 6.07 Å². The lowest BCUT2D eigenvalue weighted by atomic mass is 10.2. The van der Waals surface area contributed by atoms with E-state index >= 15 is 0 Å². The third-order valence-electron chi connectivity index (χ3n) is 2.20. The van der Waals surface area contributed by atoms with Gasteiger partial charge in [0.15, 0.2) is 0 Å². The molecule has 0 spiro atoms. The predicted molar refractivity (Wildman–Crippen MR) is 59.3 cm³/mol. The molecule has 1 aromatic rings. The number of likely N-dealkylation sites (N-methyl/N-ethyl adjacent to an activating group) is 1. The molecule has 0 saturated heterocycles. The number of rotatable bonds is 5. The summed E-state index contributed by atoms with van der Waals surface area (Å²) in [6.45, 7) is 6.97. The number of nitrogens with zero attached hydrogens (tertiary/aromatic N) is 1. The Labute approximate surface area is 85.9 Å². The molecule has 0 unspecified atom stereocenters. The van der Waals surface area contributed by atoms with Crippen molar-refractivity contribution in [1.29, 1.82) is 0 Å². The topological polar surface area (TPSA) is 37.0 Å². The third-order valence-corrected chi connectivity index (χ3v) is 2.20. The number of hydrogen-bond donors (Lipinski definition) is 2. The van der Waals surface area contributed by atoms with Crippen molar-refractivity contribution in [2.24, 2.45) is 0 Å². The SMILES string of the molecule is CNCCNCc1ccc(C)nc1C. The number of aryl methyl sites for hydroxylation is 2. The zero-order chi connectivity index (χ0) is 10.4. The summed E-state index contributed by atoms with van der Waals surface area (Å²) >= 11 is 0. The molecule has 0 atom stereocenters. The van der Waals surface area contributed by atoms with Crippen LogP contribution in [0.1, 0.15) is 17.0 Å². The van der Waals surface area contributed by atoms with E-state index in [2.05, 4.69) is 34.7 Å². The zero-order valence-corrected chi connectivity index (χ0v) is 9.22. The van der Waals surface area contributed by atoms with Crippen LogP contribution in [0.2, 0.25) is 0 Å². The van der Waals surface area contributed by atoms with Gasteiger partial charge in [0.25, 0.3) is 0 Å². The summed E-state index contributed by atoms with van der Waals surface area (Å²) in [6, 6.07) is 4.20. The fourth-order valence-corrected chi connectivity index (χ4v) is 1.34. The molecule has 3 heteroatoms. The van der Waals surface area contributed by atoms with Crippen LogP contribution >= 0.6 is 0 Å². The average molecular weight is 193 g/mol. The van der Waals surface area contributed by atoms with E-state index in [1.165, 1.54) is 5.56 Å². The summed E-state index contributed by atoms with van der Waals surface area (Å²) in [5.41, 5.74) is 3.50. The maximum Gasteiger partial charge on any atom is 0.0420 e. The lowest BCUT2D eigenvalue weighted by Crippen LogP contribution is -2.24. The van der Waals surface area contributed by atoms with E-state index < -0.39 is 0 Å². The van der Waals surface area contributed by atoms with Crippen LogP contribution in [0.5, 0.6) is 0 Å². The highest BCUT2D eigenvalue weighted by atomic mass is 14.9. The van der Waals surface area contributed by atoms with Crippen molar-refractivity contribution in [3.8, 4) is 0 Å². The van der Waals surface area contributed by atoms with Gasteiger partial charge in [0.2, 0.25) is 0 Å². The normalized spacial score (nSPS) is 10.5. The van der Waals surface area contributed by atoms with Crippen molar-refractivity contribution in [3.63, 3.8) is 0 Å². The molecule has 1 aromatic heterocycles. The van der Waals surface area contributed by atoms with Gasteiger partial charge in [-0.15, -0.1) is 0 Å². The molecule has 0 radical (unpaired) electrons. The summed E-state index contributed by atoms with van der Waals surface area (Å²) in [4.78, 5) is 4.42. The van der Waals surface area contributed by atoms with Crippen LogP contribution in [0.4, 0.5) is 0 Å². The van der Waals surface area contributed by atoms with Crippen molar-refractivity contribution in [1.82, 2.24) is 15.6 Å². The van der Waals surface area contributed by atoms with Crippen LogP contribution in [0.25, 0.3) is 0 Å². The Balaban J connectivity index is 2.42. The molecule has 0 aromatic carbocycles. The van der Waals surface area contributed by atoms with Crippen molar-refractivity contribution in [3.05, 3.63) is 29.1 Å². The molecule has 0 amide bonds. The first-order valence-corrected chi connectivity index (χ1v) is 5.02. The number of aromatic nitrogens is 1. The van der Waals surface area contributed by atoms with Gasteiger partial charge in [0.1, 0.15) is 0 Å². The molecule has 0 aliphatic carbocycles. The van der Waals surface area contributed by atoms with Crippen LogP contribution in [0, 0.1) is 13.8 Å². The van der Waals surface area contributed by atoms with Crippen LogP contribution in [0.3, 0.4) is 0 Å². The average Bonchev–Trinajstić information content (AvgIpc) is 2.15. The molecule has 0 fully saturated rings. The van der Waals surface area contributed by atoms with E-state index in [9.17, 15) is 0 Å². The monoisotopic (exact) mass is 193 g/mol. The second kappa shape index (κ2) is 5.73. The fourth-order valence-electron chi connectivity index (χ4n) is 1.34. The standard InChI is InChI=1S/C11H19N3/c1-9-4-5-11(10(2)14-9)8-13-7-6-12-3/h4-5,12-13H,6-8H2,1-3H3. The highest BCUT2D eigenvalue weighted by molar-refractivity contribution is 5.21.